The fraction of sp³-hybridized carbons (Fsp3) is 0.606. The summed E-state index contributed by atoms with van der Waals surface area (Å²) in [7, 11) is -4.29. The number of alkyl halides is 1. The predicted molar refractivity (Wildman–Crippen MR) is 162 cm³/mol. The number of aryl methyl sites for hydroxylation is 1. The Balaban J connectivity index is 1.49. The summed E-state index contributed by atoms with van der Waals surface area (Å²) in [5.41, 5.74) is -2.01. The summed E-state index contributed by atoms with van der Waals surface area (Å²) in [6.07, 6.45) is 5.77. The number of hydrogen-bond acceptors (Lipinski definition) is 9. The van der Waals surface area contributed by atoms with Crippen LogP contribution in [0.5, 0.6) is 0 Å². The maximum Gasteiger partial charge on any atom is 0.509 e. The maximum atomic E-state index is 14.2. The number of carbonyl (C=O) groups is 3. The van der Waals surface area contributed by atoms with Crippen LogP contribution in [-0.4, -0.2) is 61.0 Å². The standard InChI is InChI=1S/C33H41ClO9S/c1-5-6-17-41-29(38)43-32(28(37)20-42-44(39,40)24-10-7-21(2)8-11-24)16-14-25-26-12-9-22-18-23(35)13-15-30(22,3)33(26,34)27(36)19-31(25,32)4/h7-8,10-11,13,15,18,25-27,36H,5-6,9,12,14,16-17,19-20H2,1-4H3/t25-,26-,27?,30-,31-,32-,33-/m0/s1. The minimum absolute atomic E-state index is 0.00101. The maximum absolute atomic E-state index is 14.2. The van der Waals surface area contributed by atoms with Crippen molar-refractivity contribution in [1.29, 1.82) is 0 Å². The van der Waals surface area contributed by atoms with Crippen molar-refractivity contribution in [2.24, 2.45) is 22.7 Å². The molecule has 11 heteroatoms. The van der Waals surface area contributed by atoms with E-state index in [0.29, 0.717) is 25.7 Å². The number of halogens is 1. The van der Waals surface area contributed by atoms with Crippen molar-refractivity contribution in [3.05, 3.63) is 53.6 Å². The molecule has 44 heavy (non-hydrogen) atoms. The molecule has 0 bridgehead atoms. The molecule has 0 spiro atoms. The molecule has 4 aliphatic rings. The molecule has 0 radical (unpaired) electrons. The zero-order valence-electron chi connectivity index (χ0n) is 25.6. The number of unbranched alkanes of at least 4 members (excludes halogenated alkanes) is 1. The van der Waals surface area contributed by atoms with Gasteiger partial charge in [-0.25, -0.2) is 4.79 Å². The van der Waals surface area contributed by atoms with Gasteiger partial charge in [-0.15, -0.1) is 11.6 Å². The number of aliphatic hydroxyl groups is 1. The molecule has 0 saturated heterocycles. The average molecular weight is 649 g/mol. The highest BCUT2D eigenvalue weighted by molar-refractivity contribution is 7.86. The lowest BCUT2D eigenvalue weighted by molar-refractivity contribution is -0.178. The van der Waals surface area contributed by atoms with E-state index in [1.54, 1.807) is 24.3 Å². The summed E-state index contributed by atoms with van der Waals surface area (Å²) in [5.74, 6) is -1.41. The summed E-state index contributed by atoms with van der Waals surface area (Å²) < 4.78 is 42.5. The van der Waals surface area contributed by atoms with Crippen molar-refractivity contribution in [1.82, 2.24) is 0 Å². The van der Waals surface area contributed by atoms with Crippen LogP contribution in [-0.2, 0) is 33.4 Å². The van der Waals surface area contributed by atoms with Gasteiger partial charge in [-0.1, -0.05) is 56.5 Å². The highest BCUT2D eigenvalue weighted by Crippen LogP contribution is 2.71. The van der Waals surface area contributed by atoms with Gasteiger partial charge in [-0.05, 0) is 81.6 Å². The molecule has 240 valence electrons. The molecule has 0 amide bonds. The van der Waals surface area contributed by atoms with Crippen molar-refractivity contribution in [2.45, 2.75) is 94.1 Å². The van der Waals surface area contributed by atoms with Gasteiger partial charge in [-0.3, -0.25) is 13.8 Å². The molecule has 1 aromatic carbocycles. The van der Waals surface area contributed by atoms with Crippen LogP contribution in [0.15, 0.2) is 53.0 Å². The van der Waals surface area contributed by atoms with Crippen LogP contribution >= 0.6 is 11.6 Å². The first-order chi connectivity index (χ1) is 20.6. The Kier molecular flexibility index (Phi) is 8.72. The van der Waals surface area contributed by atoms with Gasteiger partial charge >= 0.3 is 6.16 Å². The number of ether oxygens (including phenoxy) is 2. The summed E-state index contributed by atoms with van der Waals surface area (Å²) in [6, 6.07) is 6.05. The number of hydrogen-bond donors (Lipinski definition) is 1. The molecule has 5 rings (SSSR count). The van der Waals surface area contributed by atoms with Crippen molar-refractivity contribution in [2.75, 3.05) is 13.2 Å². The van der Waals surface area contributed by atoms with Gasteiger partial charge in [0.1, 0.15) is 6.61 Å². The van der Waals surface area contributed by atoms with E-state index in [9.17, 15) is 27.9 Å². The molecule has 1 aromatic rings. The monoisotopic (exact) mass is 648 g/mol. The molecule has 1 N–H and O–H groups in total. The summed E-state index contributed by atoms with van der Waals surface area (Å²) in [6.45, 7) is 6.75. The number of aliphatic hydroxyl groups excluding tert-OH is 1. The van der Waals surface area contributed by atoms with Gasteiger partial charge in [0, 0.05) is 10.8 Å². The Morgan fingerprint density at radius 3 is 2.50 bits per heavy atom. The second-order valence-corrected chi connectivity index (χ2v) is 15.4. The largest absolute Gasteiger partial charge is 0.509 e. The zero-order chi connectivity index (χ0) is 32.1. The molecule has 9 nitrogen and oxygen atoms in total. The number of ketones is 2. The third-order valence-corrected chi connectivity index (χ3v) is 13.0. The Hall–Kier alpha value is -2.53. The van der Waals surface area contributed by atoms with Crippen LogP contribution in [0.4, 0.5) is 4.79 Å². The number of benzene rings is 1. The molecule has 0 aromatic heterocycles. The van der Waals surface area contributed by atoms with Gasteiger partial charge in [0.2, 0.25) is 5.78 Å². The minimum Gasteiger partial charge on any atom is -0.434 e. The minimum atomic E-state index is -4.29. The normalized spacial score (nSPS) is 36.1. The Morgan fingerprint density at radius 2 is 1.82 bits per heavy atom. The van der Waals surface area contributed by atoms with Crippen molar-refractivity contribution in [3.63, 3.8) is 0 Å². The molecule has 0 heterocycles. The summed E-state index contributed by atoms with van der Waals surface area (Å²) >= 11 is 7.51. The second-order valence-electron chi connectivity index (χ2n) is 13.1. The number of Topliss-reactive ketones (excluding diaryl/α,β-unsaturated/α-hetero) is 1. The van der Waals surface area contributed by atoms with Gasteiger partial charge in [-0.2, -0.15) is 8.42 Å². The van der Waals surface area contributed by atoms with Crippen LogP contribution in [0.1, 0.15) is 71.3 Å². The molecular formula is C33H41ClO9S. The van der Waals surface area contributed by atoms with Gasteiger partial charge in [0.15, 0.2) is 11.4 Å². The van der Waals surface area contributed by atoms with Crippen LogP contribution in [0.2, 0.25) is 0 Å². The molecule has 4 aliphatic carbocycles. The van der Waals surface area contributed by atoms with E-state index in [-0.39, 0.29) is 42.0 Å². The van der Waals surface area contributed by atoms with Crippen LogP contribution < -0.4 is 0 Å². The van der Waals surface area contributed by atoms with E-state index in [1.165, 1.54) is 18.2 Å². The van der Waals surface area contributed by atoms with Crippen molar-refractivity contribution in [3.8, 4) is 0 Å². The van der Waals surface area contributed by atoms with E-state index in [4.69, 9.17) is 25.3 Å². The molecule has 7 atom stereocenters. The first-order valence-electron chi connectivity index (χ1n) is 15.3. The van der Waals surface area contributed by atoms with Crippen LogP contribution in [0.25, 0.3) is 0 Å². The lowest BCUT2D eigenvalue weighted by atomic mass is 9.45. The predicted octanol–water partition coefficient (Wildman–Crippen LogP) is 5.60. The third-order valence-electron chi connectivity index (χ3n) is 10.8. The number of allylic oxidation sites excluding steroid dienone is 4. The average Bonchev–Trinajstić information content (AvgIpc) is 3.25. The molecular weight excluding hydrogens is 608 g/mol. The summed E-state index contributed by atoms with van der Waals surface area (Å²) in [4.78, 5) is 38.2. The second kappa shape index (κ2) is 11.7. The highest BCUT2D eigenvalue weighted by Gasteiger charge is 2.74. The fourth-order valence-electron chi connectivity index (χ4n) is 8.37. The van der Waals surface area contributed by atoms with E-state index >= 15 is 0 Å². The first kappa shape index (κ1) is 32.9. The molecule has 0 aliphatic heterocycles. The van der Waals surface area contributed by atoms with E-state index in [0.717, 1.165) is 17.6 Å². The van der Waals surface area contributed by atoms with E-state index < -0.39 is 56.1 Å². The number of carbonyl (C=O) groups excluding carboxylic acids is 3. The fourth-order valence-corrected chi connectivity index (χ4v) is 9.76. The van der Waals surface area contributed by atoms with Crippen LogP contribution in [0.3, 0.4) is 0 Å². The molecule has 1 unspecified atom stereocenters. The van der Waals surface area contributed by atoms with Gasteiger partial charge in [0.25, 0.3) is 10.1 Å². The topological polar surface area (TPSA) is 133 Å². The lowest BCUT2D eigenvalue weighted by Gasteiger charge is -2.64. The Morgan fingerprint density at radius 1 is 1.11 bits per heavy atom. The lowest BCUT2D eigenvalue weighted by Crippen LogP contribution is -2.69. The van der Waals surface area contributed by atoms with Gasteiger partial charge < -0.3 is 14.6 Å². The molecule has 3 saturated carbocycles. The van der Waals surface area contributed by atoms with Crippen molar-refractivity contribution >= 4 is 39.4 Å². The third kappa shape index (κ3) is 5.06. The van der Waals surface area contributed by atoms with Crippen molar-refractivity contribution < 1.29 is 41.6 Å². The van der Waals surface area contributed by atoms with E-state index in [2.05, 4.69) is 0 Å². The number of fused-ring (bicyclic) bond motifs is 5. The summed E-state index contributed by atoms with van der Waals surface area (Å²) in [5, 5.41) is 11.9. The highest BCUT2D eigenvalue weighted by atomic mass is 35.5. The smallest absolute Gasteiger partial charge is 0.434 e. The molecule has 3 fully saturated rings. The first-order valence-corrected chi connectivity index (χ1v) is 17.1. The number of rotatable bonds is 9. The van der Waals surface area contributed by atoms with Crippen LogP contribution in [0, 0.1) is 29.6 Å². The Labute approximate surface area is 264 Å². The Bertz CT molecular complexity index is 1500. The SMILES string of the molecule is CCCCOC(=O)O[C@]1(C(=O)COS(=O)(=O)c2ccc(C)cc2)CC[C@H]2[C@@H]3CCC4=CC(=O)C=C[C@]4(C)[C@@]3(Cl)C(O)C[C@@]21C. The van der Waals surface area contributed by atoms with E-state index in [1.807, 2.05) is 27.7 Å². The van der Waals surface area contributed by atoms with Gasteiger partial charge in [0.05, 0.1) is 22.5 Å². The quantitative estimate of drug-likeness (QED) is 0.157. The zero-order valence-corrected chi connectivity index (χ0v) is 27.2.